The van der Waals surface area contributed by atoms with Crippen LogP contribution in [0, 0.1) is 11.6 Å². The van der Waals surface area contributed by atoms with Crippen molar-refractivity contribution in [3.05, 3.63) is 65.2 Å². The molecular formula is C18H18F2N2O2. The third-order valence-corrected chi connectivity index (χ3v) is 3.55. The molecule has 0 saturated heterocycles. The molecular weight excluding hydrogens is 314 g/mol. The smallest absolute Gasteiger partial charge is 0.255 e. The Balaban J connectivity index is 2.13. The maximum absolute atomic E-state index is 13.2. The summed E-state index contributed by atoms with van der Waals surface area (Å²) in [5, 5.41) is 5.28. The van der Waals surface area contributed by atoms with Gasteiger partial charge < -0.3 is 10.6 Å². The summed E-state index contributed by atoms with van der Waals surface area (Å²) in [5.41, 5.74) is 0.734. The van der Waals surface area contributed by atoms with Crippen LogP contribution in [-0.2, 0) is 0 Å². The van der Waals surface area contributed by atoms with E-state index in [4.69, 9.17) is 0 Å². The number of rotatable bonds is 5. The van der Waals surface area contributed by atoms with Gasteiger partial charge >= 0.3 is 0 Å². The summed E-state index contributed by atoms with van der Waals surface area (Å²) in [4.78, 5) is 24.3. The number of carbonyl (C=O) groups is 2. The van der Waals surface area contributed by atoms with E-state index in [2.05, 4.69) is 10.6 Å². The van der Waals surface area contributed by atoms with Gasteiger partial charge in [-0.05, 0) is 43.7 Å². The van der Waals surface area contributed by atoms with Crippen LogP contribution in [0.15, 0.2) is 42.5 Å². The fraction of sp³-hybridized carbons (Fsp3) is 0.222. The lowest BCUT2D eigenvalue weighted by Crippen LogP contribution is -2.32. The second-order valence-electron chi connectivity index (χ2n) is 5.45. The van der Waals surface area contributed by atoms with E-state index >= 15 is 0 Å². The van der Waals surface area contributed by atoms with Crippen molar-refractivity contribution >= 4 is 17.5 Å². The first-order chi connectivity index (χ1) is 11.4. The van der Waals surface area contributed by atoms with Gasteiger partial charge in [0.2, 0.25) is 0 Å². The maximum atomic E-state index is 13.2. The number of benzene rings is 2. The maximum Gasteiger partial charge on any atom is 0.255 e. The van der Waals surface area contributed by atoms with E-state index < -0.39 is 17.5 Å². The Morgan fingerprint density at radius 2 is 1.67 bits per heavy atom. The second-order valence-corrected chi connectivity index (χ2v) is 5.45. The van der Waals surface area contributed by atoms with Crippen LogP contribution in [0.5, 0.6) is 0 Å². The molecule has 0 spiro atoms. The van der Waals surface area contributed by atoms with E-state index in [1.807, 2.05) is 13.8 Å². The lowest BCUT2D eigenvalue weighted by Gasteiger charge is -2.12. The lowest BCUT2D eigenvalue weighted by atomic mass is 10.1. The monoisotopic (exact) mass is 332 g/mol. The Morgan fingerprint density at radius 3 is 2.29 bits per heavy atom. The lowest BCUT2D eigenvalue weighted by molar-refractivity contribution is 0.0939. The van der Waals surface area contributed by atoms with Crippen molar-refractivity contribution in [2.24, 2.45) is 0 Å². The average molecular weight is 332 g/mol. The Morgan fingerprint density at radius 1 is 1.00 bits per heavy atom. The molecule has 0 aliphatic rings. The summed E-state index contributed by atoms with van der Waals surface area (Å²) >= 11 is 0. The number of nitrogens with one attached hydrogen (secondary N) is 2. The van der Waals surface area contributed by atoms with E-state index in [9.17, 15) is 18.4 Å². The van der Waals surface area contributed by atoms with Crippen molar-refractivity contribution in [1.29, 1.82) is 0 Å². The van der Waals surface area contributed by atoms with E-state index in [0.717, 1.165) is 18.6 Å². The zero-order valence-corrected chi connectivity index (χ0v) is 13.4. The topological polar surface area (TPSA) is 58.2 Å². The highest BCUT2D eigenvalue weighted by Crippen LogP contribution is 2.15. The first kappa shape index (κ1) is 17.6. The normalized spacial score (nSPS) is 11.7. The fourth-order valence-electron chi connectivity index (χ4n) is 1.99. The van der Waals surface area contributed by atoms with Crippen LogP contribution in [0.25, 0.3) is 0 Å². The van der Waals surface area contributed by atoms with Crippen molar-refractivity contribution in [1.82, 2.24) is 5.32 Å². The van der Waals surface area contributed by atoms with Crippen molar-refractivity contribution in [3.8, 4) is 0 Å². The molecule has 0 aromatic heterocycles. The van der Waals surface area contributed by atoms with Crippen LogP contribution in [0.4, 0.5) is 14.5 Å². The number of amides is 2. The predicted molar refractivity (Wildman–Crippen MR) is 88.0 cm³/mol. The number of halogens is 2. The van der Waals surface area contributed by atoms with E-state index in [0.29, 0.717) is 5.56 Å². The molecule has 1 atom stereocenters. The molecule has 0 aliphatic carbocycles. The Hall–Kier alpha value is -2.76. The molecule has 0 saturated carbocycles. The summed E-state index contributed by atoms with van der Waals surface area (Å²) in [7, 11) is 0. The third kappa shape index (κ3) is 4.38. The van der Waals surface area contributed by atoms with E-state index in [1.165, 1.54) is 18.2 Å². The largest absolute Gasteiger partial charge is 0.350 e. The van der Waals surface area contributed by atoms with Crippen LogP contribution < -0.4 is 10.6 Å². The first-order valence-electron chi connectivity index (χ1n) is 7.58. The molecule has 0 aliphatic heterocycles. The molecule has 0 fully saturated rings. The first-order valence-corrected chi connectivity index (χ1v) is 7.58. The number of anilines is 1. The average Bonchev–Trinajstić information content (AvgIpc) is 2.58. The standard InChI is InChI=1S/C18H18F2N2O2/c1-3-11(2)21-17(23)12-5-4-6-13(9-12)18(24)22-14-7-8-15(19)16(20)10-14/h4-11H,3H2,1-2H3,(H,21,23)(H,22,24). The minimum absolute atomic E-state index is 0.0252. The summed E-state index contributed by atoms with van der Waals surface area (Å²) in [6.45, 7) is 3.84. The second kappa shape index (κ2) is 7.68. The van der Waals surface area contributed by atoms with E-state index in [-0.39, 0.29) is 23.2 Å². The van der Waals surface area contributed by atoms with Gasteiger partial charge in [-0.3, -0.25) is 9.59 Å². The molecule has 2 rings (SSSR count). The van der Waals surface area contributed by atoms with Crippen molar-refractivity contribution in [2.45, 2.75) is 26.3 Å². The van der Waals surface area contributed by atoms with Crippen LogP contribution in [0.3, 0.4) is 0 Å². The zero-order chi connectivity index (χ0) is 17.7. The Labute approximate surface area is 138 Å². The summed E-state index contributed by atoms with van der Waals surface area (Å²) in [6.07, 6.45) is 0.794. The van der Waals surface area contributed by atoms with Crippen LogP contribution in [-0.4, -0.2) is 17.9 Å². The van der Waals surface area contributed by atoms with Gasteiger partial charge in [0.05, 0.1) is 0 Å². The number of hydrogen-bond donors (Lipinski definition) is 2. The summed E-state index contributed by atoms with van der Waals surface area (Å²) in [5.74, 6) is -2.82. The van der Waals surface area contributed by atoms with Gasteiger partial charge in [-0.15, -0.1) is 0 Å². The summed E-state index contributed by atoms with van der Waals surface area (Å²) in [6, 6.07) is 9.29. The number of hydrogen-bond acceptors (Lipinski definition) is 2. The molecule has 126 valence electrons. The molecule has 1 unspecified atom stereocenters. The van der Waals surface area contributed by atoms with E-state index in [1.54, 1.807) is 12.1 Å². The molecule has 0 bridgehead atoms. The molecule has 2 aromatic rings. The van der Waals surface area contributed by atoms with Gasteiger partial charge in [-0.1, -0.05) is 13.0 Å². The molecule has 6 heteroatoms. The molecule has 2 amide bonds. The molecule has 0 heterocycles. The molecule has 0 radical (unpaired) electrons. The van der Waals surface area contributed by atoms with Crippen molar-refractivity contribution in [2.75, 3.05) is 5.32 Å². The fourth-order valence-corrected chi connectivity index (χ4v) is 1.99. The molecule has 24 heavy (non-hydrogen) atoms. The highest BCUT2D eigenvalue weighted by Gasteiger charge is 2.13. The SMILES string of the molecule is CCC(C)NC(=O)c1cccc(C(=O)Nc2ccc(F)c(F)c2)c1. The highest BCUT2D eigenvalue weighted by atomic mass is 19.2. The van der Waals surface area contributed by atoms with Crippen LogP contribution in [0.2, 0.25) is 0 Å². The minimum Gasteiger partial charge on any atom is -0.350 e. The predicted octanol–water partition coefficient (Wildman–Crippen LogP) is 3.75. The minimum atomic E-state index is -1.05. The number of carbonyl (C=O) groups excluding carboxylic acids is 2. The van der Waals surface area contributed by atoms with Crippen LogP contribution >= 0.6 is 0 Å². The van der Waals surface area contributed by atoms with Gasteiger partial charge in [0.25, 0.3) is 11.8 Å². The quantitative estimate of drug-likeness (QED) is 0.876. The van der Waals surface area contributed by atoms with Gasteiger partial charge in [0.15, 0.2) is 11.6 Å². The molecule has 4 nitrogen and oxygen atoms in total. The van der Waals surface area contributed by atoms with Crippen LogP contribution in [0.1, 0.15) is 41.0 Å². The molecule has 2 aromatic carbocycles. The van der Waals surface area contributed by atoms with Crippen molar-refractivity contribution < 1.29 is 18.4 Å². The zero-order valence-electron chi connectivity index (χ0n) is 13.4. The third-order valence-electron chi connectivity index (χ3n) is 3.55. The highest BCUT2D eigenvalue weighted by molar-refractivity contribution is 6.06. The van der Waals surface area contributed by atoms with Gasteiger partial charge in [-0.25, -0.2) is 8.78 Å². The summed E-state index contributed by atoms with van der Waals surface area (Å²) < 4.78 is 26.1. The Kier molecular flexibility index (Phi) is 5.63. The van der Waals surface area contributed by atoms with Gasteiger partial charge in [0.1, 0.15) is 0 Å². The van der Waals surface area contributed by atoms with Gasteiger partial charge in [0, 0.05) is 28.9 Å². The Bertz CT molecular complexity index is 762. The van der Waals surface area contributed by atoms with Gasteiger partial charge in [-0.2, -0.15) is 0 Å². The van der Waals surface area contributed by atoms with Crippen molar-refractivity contribution in [3.63, 3.8) is 0 Å². The molecule has 2 N–H and O–H groups in total.